The van der Waals surface area contributed by atoms with Crippen molar-refractivity contribution in [2.75, 3.05) is 0 Å². The topological polar surface area (TPSA) is 37.3 Å². The number of phenolic OH excluding ortho intramolecular Hbond substituents is 1. The van der Waals surface area contributed by atoms with Gasteiger partial charge in [0.2, 0.25) is 0 Å². The average Bonchev–Trinajstić information content (AvgIpc) is 2.47. The molecule has 0 bridgehead atoms. The summed E-state index contributed by atoms with van der Waals surface area (Å²) in [6.07, 6.45) is 6.15. The number of carbonyl (C=O) groups excluding carboxylic acids is 1. The highest BCUT2D eigenvalue weighted by molar-refractivity contribution is 14.1. The molecule has 0 aromatic heterocycles. The van der Waals surface area contributed by atoms with Crippen LogP contribution in [0.2, 0.25) is 0 Å². The quantitative estimate of drug-likeness (QED) is 0.277. The molecule has 1 N–H and O–H groups in total. The molecule has 0 amide bonds. The molecule has 0 aliphatic rings. The van der Waals surface area contributed by atoms with Gasteiger partial charge in [0.1, 0.15) is 5.75 Å². The van der Waals surface area contributed by atoms with Crippen molar-refractivity contribution in [3.05, 3.63) is 35.4 Å². The van der Waals surface area contributed by atoms with Crippen LogP contribution in [0.5, 0.6) is 5.75 Å². The lowest BCUT2D eigenvalue weighted by molar-refractivity contribution is -0.104. The van der Waals surface area contributed by atoms with E-state index in [-0.39, 0.29) is 5.75 Å². The number of benzene rings is 1. The van der Waals surface area contributed by atoms with Gasteiger partial charge in [-0.25, -0.2) is 0 Å². The zero-order valence-electron chi connectivity index (χ0n) is 11.0. The maximum atomic E-state index is 10.9. The zero-order valence-corrected chi connectivity index (χ0v) is 13.2. The SMILES string of the molecule is O=C/C(C#CCCCCC#CI)=C/c1ccc(O)cc1. The van der Waals surface area contributed by atoms with E-state index in [4.69, 9.17) is 0 Å². The van der Waals surface area contributed by atoms with Crippen LogP contribution in [0.15, 0.2) is 29.8 Å². The number of unbranched alkanes of at least 4 members (excludes halogenated alkanes) is 3. The Morgan fingerprint density at radius 2 is 1.80 bits per heavy atom. The van der Waals surface area contributed by atoms with Crippen LogP contribution in [0.3, 0.4) is 0 Å². The lowest BCUT2D eigenvalue weighted by atomic mass is 10.1. The van der Waals surface area contributed by atoms with E-state index in [2.05, 4.69) is 21.7 Å². The van der Waals surface area contributed by atoms with Gasteiger partial charge in [-0.05, 0) is 40.5 Å². The number of hydrogen-bond acceptors (Lipinski definition) is 2. The number of rotatable bonds is 5. The second-order valence-electron chi connectivity index (χ2n) is 4.09. The van der Waals surface area contributed by atoms with E-state index in [0.717, 1.165) is 37.5 Å². The highest BCUT2D eigenvalue weighted by Crippen LogP contribution is 2.12. The first kappa shape index (κ1) is 16.3. The van der Waals surface area contributed by atoms with Crippen molar-refractivity contribution >= 4 is 35.0 Å². The number of aldehydes is 1. The zero-order chi connectivity index (χ0) is 14.6. The van der Waals surface area contributed by atoms with Crippen LogP contribution >= 0.6 is 22.6 Å². The highest BCUT2D eigenvalue weighted by Gasteiger charge is 1.93. The number of halogens is 1. The molecule has 102 valence electrons. The molecule has 3 heteroatoms. The summed E-state index contributed by atoms with van der Waals surface area (Å²) in [5.41, 5.74) is 1.29. The molecule has 1 aromatic rings. The van der Waals surface area contributed by atoms with Gasteiger partial charge in [0.15, 0.2) is 6.29 Å². The third-order valence-electron chi connectivity index (χ3n) is 2.50. The van der Waals surface area contributed by atoms with E-state index in [9.17, 15) is 9.90 Å². The van der Waals surface area contributed by atoms with Crippen molar-refractivity contribution in [3.63, 3.8) is 0 Å². The van der Waals surface area contributed by atoms with E-state index in [1.165, 1.54) is 0 Å². The van der Waals surface area contributed by atoms with Crippen molar-refractivity contribution in [2.24, 2.45) is 0 Å². The molecule has 0 aliphatic carbocycles. The number of aromatic hydroxyl groups is 1. The van der Waals surface area contributed by atoms with Crippen LogP contribution in [0.4, 0.5) is 0 Å². The fourth-order valence-electron chi connectivity index (χ4n) is 1.49. The van der Waals surface area contributed by atoms with Gasteiger partial charge in [-0.15, -0.1) is 0 Å². The van der Waals surface area contributed by atoms with E-state index in [1.54, 1.807) is 30.3 Å². The average molecular weight is 378 g/mol. The summed E-state index contributed by atoms with van der Waals surface area (Å²) in [4.78, 5) is 10.9. The number of phenols is 1. The van der Waals surface area contributed by atoms with E-state index in [0.29, 0.717) is 5.57 Å². The van der Waals surface area contributed by atoms with Crippen molar-refractivity contribution in [1.82, 2.24) is 0 Å². The van der Waals surface area contributed by atoms with E-state index in [1.807, 2.05) is 22.6 Å². The van der Waals surface area contributed by atoms with Crippen LogP contribution < -0.4 is 0 Å². The second-order valence-corrected chi connectivity index (χ2v) is 4.63. The molecule has 0 fully saturated rings. The third-order valence-corrected chi connectivity index (χ3v) is 2.88. The molecule has 0 saturated carbocycles. The molecule has 20 heavy (non-hydrogen) atoms. The summed E-state index contributed by atoms with van der Waals surface area (Å²) < 4.78 is 2.83. The van der Waals surface area contributed by atoms with Gasteiger partial charge in [0.05, 0.1) is 5.57 Å². The van der Waals surface area contributed by atoms with Gasteiger partial charge in [-0.2, -0.15) is 0 Å². The first-order valence-electron chi connectivity index (χ1n) is 6.29. The fraction of sp³-hybridized carbons (Fsp3) is 0.235. The van der Waals surface area contributed by atoms with Gasteiger partial charge in [-0.1, -0.05) is 29.9 Å². The number of allylic oxidation sites excluding steroid dienone is 1. The first-order valence-corrected chi connectivity index (χ1v) is 7.37. The summed E-state index contributed by atoms with van der Waals surface area (Å²) in [5.74, 6) is 9.06. The monoisotopic (exact) mass is 378 g/mol. The Balaban J connectivity index is 2.52. The minimum atomic E-state index is 0.204. The summed E-state index contributed by atoms with van der Waals surface area (Å²) in [5, 5.41) is 9.18. The molecule has 0 radical (unpaired) electrons. The fourth-order valence-corrected chi connectivity index (χ4v) is 1.76. The second kappa shape index (κ2) is 10.1. The molecule has 1 aromatic carbocycles. The molecule has 1 rings (SSSR count). The van der Waals surface area contributed by atoms with E-state index < -0.39 is 0 Å². The van der Waals surface area contributed by atoms with Crippen molar-refractivity contribution in [2.45, 2.75) is 25.7 Å². The molecular formula is C17H15IO2. The molecule has 0 heterocycles. The molecule has 0 unspecified atom stereocenters. The van der Waals surface area contributed by atoms with Gasteiger partial charge in [0.25, 0.3) is 0 Å². The molecule has 0 saturated heterocycles. The third kappa shape index (κ3) is 7.01. The summed E-state index contributed by atoms with van der Waals surface area (Å²) in [6, 6.07) is 6.64. The molecular weight excluding hydrogens is 363 g/mol. The van der Waals surface area contributed by atoms with Crippen LogP contribution in [-0.2, 0) is 4.79 Å². The van der Waals surface area contributed by atoms with Gasteiger partial charge < -0.3 is 5.11 Å². The summed E-state index contributed by atoms with van der Waals surface area (Å²) in [7, 11) is 0. The Labute approximate surface area is 133 Å². The number of carbonyl (C=O) groups is 1. The van der Waals surface area contributed by atoms with Gasteiger partial charge in [-0.3, -0.25) is 4.79 Å². The molecule has 0 atom stereocenters. The van der Waals surface area contributed by atoms with E-state index >= 15 is 0 Å². The summed E-state index contributed by atoms with van der Waals surface area (Å²) >= 11 is 2.03. The highest BCUT2D eigenvalue weighted by atomic mass is 127. The Morgan fingerprint density at radius 3 is 2.40 bits per heavy atom. The van der Waals surface area contributed by atoms with Crippen molar-refractivity contribution in [1.29, 1.82) is 0 Å². The smallest absolute Gasteiger partial charge is 0.158 e. The largest absolute Gasteiger partial charge is 0.508 e. The Morgan fingerprint density at radius 1 is 1.15 bits per heavy atom. The van der Waals surface area contributed by atoms with Crippen LogP contribution in [0.25, 0.3) is 6.08 Å². The Kier molecular flexibility index (Phi) is 8.26. The normalized spacial score (nSPS) is 9.95. The molecule has 2 nitrogen and oxygen atoms in total. The lowest BCUT2D eigenvalue weighted by Gasteiger charge is -1.94. The summed E-state index contributed by atoms with van der Waals surface area (Å²) in [6.45, 7) is 0. The van der Waals surface area contributed by atoms with Crippen LogP contribution in [0, 0.1) is 21.7 Å². The lowest BCUT2D eigenvalue weighted by Crippen LogP contribution is -1.81. The maximum absolute atomic E-state index is 10.9. The van der Waals surface area contributed by atoms with Crippen molar-refractivity contribution in [3.8, 4) is 27.4 Å². The van der Waals surface area contributed by atoms with Crippen LogP contribution in [-0.4, -0.2) is 11.4 Å². The van der Waals surface area contributed by atoms with Gasteiger partial charge >= 0.3 is 0 Å². The maximum Gasteiger partial charge on any atom is 0.158 e. The number of hydrogen-bond donors (Lipinski definition) is 1. The molecule has 0 spiro atoms. The minimum absolute atomic E-state index is 0.204. The Hall–Kier alpha value is -1.72. The predicted octanol–water partition coefficient (Wildman–Crippen LogP) is 3.93. The van der Waals surface area contributed by atoms with Crippen molar-refractivity contribution < 1.29 is 9.90 Å². The minimum Gasteiger partial charge on any atom is -0.508 e. The standard InChI is InChI=1S/C17H15IO2/c18-12-6-4-2-1-3-5-7-16(14-19)13-15-8-10-17(20)11-9-15/h8-11,13-14,20H,1-4H2/b16-13+. The predicted molar refractivity (Wildman–Crippen MR) is 90.2 cm³/mol. The first-order chi connectivity index (χ1) is 9.76. The Bertz CT molecular complexity index is 577. The van der Waals surface area contributed by atoms with Gasteiger partial charge in [0, 0.05) is 35.4 Å². The molecule has 0 aliphatic heterocycles. The van der Waals surface area contributed by atoms with Crippen LogP contribution in [0.1, 0.15) is 31.2 Å².